The zero-order chi connectivity index (χ0) is 12.6. The Morgan fingerprint density at radius 2 is 2.11 bits per heavy atom. The monoisotopic (exact) mass is 252 g/mol. The quantitative estimate of drug-likeness (QED) is 0.833. The minimum Gasteiger partial charge on any atom is -0.371 e. The number of hydrogen-bond donors (Lipinski definition) is 1. The van der Waals surface area contributed by atoms with Crippen LogP contribution in [0.1, 0.15) is 52.4 Å². The SMILES string of the molecule is CC1(C)CCC(CNC2CCN3CCCC3C2)O1. The summed E-state index contributed by atoms with van der Waals surface area (Å²) in [5, 5.41) is 3.76. The van der Waals surface area contributed by atoms with Gasteiger partial charge in [-0.2, -0.15) is 0 Å². The van der Waals surface area contributed by atoms with E-state index in [2.05, 4.69) is 24.1 Å². The van der Waals surface area contributed by atoms with Gasteiger partial charge in [0.1, 0.15) is 0 Å². The molecule has 3 nitrogen and oxygen atoms in total. The van der Waals surface area contributed by atoms with Gasteiger partial charge in [0.15, 0.2) is 0 Å². The highest BCUT2D eigenvalue weighted by atomic mass is 16.5. The standard InChI is InChI=1S/C15H28N2O/c1-15(2)7-5-14(18-15)11-16-12-6-9-17-8-3-4-13(17)10-12/h12-14,16H,3-11H2,1-2H3. The third-order valence-corrected chi connectivity index (χ3v) is 5.01. The lowest BCUT2D eigenvalue weighted by atomic mass is 9.97. The molecule has 18 heavy (non-hydrogen) atoms. The average molecular weight is 252 g/mol. The maximum Gasteiger partial charge on any atom is 0.0707 e. The largest absolute Gasteiger partial charge is 0.371 e. The molecule has 3 heterocycles. The molecule has 3 aliphatic rings. The summed E-state index contributed by atoms with van der Waals surface area (Å²) in [6.45, 7) is 8.13. The van der Waals surface area contributed by atoms with E-state index in [0.717, 1.165) is 18.6 Å². The van der Waals surface area contributed by atoms with Gasteiger partial charge in [-0.3, -0.25) is 0 Å². The van der Waals surface area contributed by atoms with Crippen LogP contribution in [0.5, 0.6) is 0 Å². The summed E-state index contributed by atoms with van der Waals surface area (Å²) in [5.41, 5.74) is 0.112. The van der Waals surface area contributed by atoms with Gasteiger partial charge in [-0.25, -0.2) is 0 Å². The van der Waals surface area contributed by atoms with E-state index in [9.17, 15) is 0 Å². The molecule has 0 saturated carbocycles. The maximum atomic E-state index is 6.05. The predicted octanol–water partition coefficient (Wildman–Crippen LogP) is 2.16. The second-order valence-corrected chi connectivity index (χ2v) is 7.00. The van der Waals surface area contributed by atoms with Crippen molar-refractivity contribution >= 4 is 0 Å². The highest BCUT2D eigenvalue weighted by molar-refractivity contribution is 4.90. The van der Waals surface area contributed by atoms with Crippen molar-refractivity contribution < 1.29 is 4.74 Å². The molecule has 3 fully saturated rings. The Hall–Kier alpha value is -0.120. The van der Waals surface area contributed by atoms with E-state index in [-0.39, 0.29) is 5.60 Å². The van der Waals surface area contributed by atoms with Crippen molar-refractivity contribution in [1.82, 2.24) is 10.2 Å². The van der Waals surface area contributed by atoms with Gasteiger partial charge in [0.2, 0.25) is 0 Å². The fourth-order valence-corrected chi connectivity index (χ4v) is 3.93. The molecule has 0 aromatic carbocycles. The molecule has 3 saturated heterocycles. The molecule has 3 atom stereocenters. The van der Waals surface area contributed by atoms with Crippen molar-refractivity contribution in [3.63, 3.8) is 0 Å². The fraction of sp³-hybridized carbons (Fsp3) is 1.00. The van der Waals surface area contributed by atoms with Crippen LogP contribution in [-0.2, 0) is 4.74 Å². The Labute approximate surface area is 111 Å². The minimum absolute atomic E-state index is 0.112. The van der Waals surface area contributed by atoms with Crippen LogP contribution in [0.25, 0.3) is 0 Å². The van der Waals surface area contributed by atoms with Gasteiger partial charge >= 0.3 is 0 Å². The summed E-state index contributed by atoms with van der Waals surface area (Å²) >= 11 is 0. The molecule has 3 rings (SSSR count). The molecule has 0 aromatic heterocycles. The molecule has 0 spiro atoms. The second kappa shape index (κ2) is 5.10. The van der Waals surface area contributed by atoms with Crippen molar-refractivity contribution in [3.05, 3.63) is 0 Å². The molecule has 104 valence electrons. The van der Waals surface area contributed by atoms with Crippen LogP contribution in [0.4, 0.5) is 0 Å². The van der Waals surface area contributed by atoms with Crippen LogP contribution in [0.3, 0.4) is 0 Å². The van der Waals surface area contributed by atoms with E-state index in [4.69, 9.17) is 4.74 Å². The minimum atomic E-state index is 0.112. The van der Waals surface area contributed by atoms with Crippen LogP contribution in [0, 0.1) is 0 Å². The van der Waals surface area contributed by atoms with E-state index in [0.29, 0.717) is 6.10 Å². The lowest BCUT2D eigenvalue weighted by molar-refractivity contribution is -0.0161. The fourth-order valence-electron chi connectivity index (χ4n) is 3.93. The lowest BCUT2D eigenvalue weighted by Gasteiger charge is -2.35. The number of nitrogens with zero attached hydrogens (tertiary/aromatic N) is 1. The highest BCUT2D eigenvalue weighted by Crippen LogP contribution is 2.30. The molecule has 0 radical (unpaired) electrons. The lowest BCUT2D eigenvalue weighted by Crippen LogP contribution is -2.47. The van der Waals surface area contributed by atoms with E-state index in [1.54, 1.807) is 0 Å². The van der Waals surface area contributed by atoms with E-state index in [1.165, 1.54) is 51.6 Å². The molecule has 0 amide bonds. The molecule has 0 bridgehead atoms. The van der Waals surface area contributed by atoms with Crippen LogP contribution in [0.15, 0.2) is 0 Å². The second-order valence-electron chi connectivity index (χ2n) is 7.00. The van der Waals surface area contributed by atoms with Crippen molar-refractivity contribution in [2.45, 2.75) is 76.2 Å². The normalized spacial score (nSPS) is 40.0. The number of hydrogen-bond acceptors (Lipinski definition) is 3. The van der Waals surface area contributed by atoms with Gasteiger partial charge in [-0.15, -0.1) is 0 Å². The van der Waals surface area contributed by atoms with Crippen molar-refractivity contribution in [1.29, 1.82) is 0 Å². The number of nitrogens with one attached hydrogen (secondary N) is 1. The zero-order valence-electron chi connectivity index (χ0n) is 12.0. The Morgan fingerprint density at radius 1 is 1.22 bits per heavy atom. The molecule has 1 N–H and O–H groups in total. The van der Waals surface area contributed by atoms with E-state index in [1.807, 2.05) is 0 Å². The number of piperidine rings is 1. The molecule has 0 aromatic rings. The van der Waals surface area contributed by atoms with Crippen LogP contribution in [0.2, 0.25) is 0 Å². The predicted molar refractivity (Wildman–Crippen MR) is 73.8 cm³/mol. The molecule has 3 aliphatic heterocycles. The third-order valence-electron chi connectivity index (χ3n) is 5.01. The molecule has 3 heteroatoms. The summed E-state index contributed by atoms with van der Waals surface area (Å²) in [6.07, 6.45) is 8.40. The first-order valence-electron chi connectivity index (χ1n) is 7.78. The number of rotatable bonds is 3. The first-order valence-corrected chi connectivity index (χ1v) is 7.78. The Bertz CT molecular complexity index is 292. The van der Waals surface area contributed by atoms with Crippen LogP contribution < -0.4 is 5.32 Å². The smallest absolute Gasteiger partial charge is 0.0707 e. The summed E-state index contributed by atoms with van der Waals surface area (Å²) < 4.78 is 6.05. The molecular formula is C15H28N2O. The van der Waals surface area contributed by atoms with Gasteiger partial charge in [0, 0.05) is 18.6 Å². The van der Waals surface area contributed by atoms with Crippen LogP contribution in [-0.4, -0.2) is 48.3 Å². The van der Waals surface area contributed by atoms with Crippen molar-refractivity contribution in [2.24, 2.45) is 0 Å². The summed E-state index contributed by atoms with van der Waals surface area (Å²) in [6, 6.07) is 1.61. The topological polar surface area (TPSA) is 24.5 Å². The average Bonchev–Trinajstić information content (AvgIpc) is 2.92. The first kappa shape index (κ1) is 12.9. The summed E-state index contributed by atoms with van der Waals surface area (Å²) in [5.74, 6) is 0. The molecular weight excluding hydrogens is 224 g/mol. The Kier molecular flexibility index (Phi) is 3.65. The summed E-state index contributed by atoms with van der Waals surface area (Å²) in [4.78, 5) is 2.69. The number of ether oxygens (including phenoxy) is 1. The van der Waals surface area contributed by atoms with Crippen molar-refractivity contribution in [2.75, 3.05) is 19.6 Å². The van der Waals surface area contributed by atoms with Crippen LogP contribution >= 0.6 is 0 Å². The van der Waals surface area contributed by atoms with Gasteiger partial charge in [0.25, 0.3) is 0 Å². The van der Waals surface area contributed by atoms with Gasteiger partial charge in [0.05, 0.1) is 11.7 Å². The first-order chi connectivity index (χ1) is 8.62. The highest BCUT2D eigenvalue weighted by Gasteiger charge is 2.34. The maximum absolute atomic E-state index is 6.05. The molecule has 0 aliphatic carbocycles. The van der Waals surface area contributed by atoms with E-state index < -0.39 is 0 Å². The van der Waals surface area contributed by atoms with Gasteiger partial charge in [-0.1, -0.05) is 0 Å². The zero-order valence-corrected chi connectivity index (χ0v) is 12.0. The van der Waals surface area contributed by atoms with Crippen molar-refractivity contribution in [3.8, 4) is 0 Å². The molecule has 3 unspecified atom stereocenters. The summed E-state index contributed by atoms with van der Waals surface area (Å²) in [7, 11) is 0. The van der Waals surface area contributed by atoms with Gasteiger partial charge < -0.3 is 15.0 Å². The number of fused-ring (bicyclic) bond motifs is 1. The van der Waals surface area contributed by atoms with E-state index >= 15 is 0 Å². The Balaban J connectivity index is 1.41. The van der Waals surface area contributed by atoms with Gasteiger partial charge in [-0.05, 0) is 65.5 Å². The Morgan fingerprint density at radius 3 is 2.89 bits per heavy atom. The third kappa shape index (κ3) is 2.89.